The van der Waals surface area contributed by atoms with Gasteiger partial charge < -0.3 is 9.64 Å². The third-order valence-electron chi connectivity index (χ3n) is 2.20. The number of halogens is 3. The zero-order valence-electron chi connectivity index (χ0n) is 10.1. The molecule has 0 bridgehead atoms. The average Bonchev–Trinajstić information content (AvgIpc) is 2.27. The molecule has 1 aromatic carbocycles. The molecule has 0 spiro atoms. The predicted molar refractivity (Wildman–Crippen MR) is 60.2 cm³/mol. The van der Waals surface area contributed by atoms with Gasteiger partial charge in [0.1, 0.15) is 12.3 Å². The highest BCUT2D eigenvalue weighted by Gasteiger charge is 2.32. The van der Waals surface area contributed by atoms with Gasteiger partial charge in [0.2, 0.25) is 0 Å². The smallest absolute Gasteiger partial charge is 0.406 e. The maximum atomic E-state index is 12.1. The van der Waals surface area contributed by atoms with Crippen molar-refractivity contribution in [3.63, 3.8) is 0 Å². The van der Waals surface area contributed by atoms with E-state index in [9.17, 15) is 18.0 Å². The summed E-state index contributed by atoms with van der Waals surface area (Å²) >= 11 is 0. The molecule has 0 aromatic heterocycles. The average molecular weight is 261 g/mol. The Bertz CT molecular complexity index is 392. The Kier molecular flexibility index (Phi) is 4.58. The molecule has 0 aliphatic heterocycles. The van der Waals surface area contributed by atoms with Crippen LogP contribution in [0.5, 0.6) is 5.75 Å². The fraction of sp³-hybridized carbons (Fsp3) is 0.417. The highest BCUT2D eigenvalue weighted by Crippen LogP contribution is 2.17. The molecule has 1 aromatic rings. The number of nitrogens with zero attached hydrogens (tertiary/aromatic N) is 1. The van der Waals surface area contributed by atoms with E-state index in [1.165, 1.54) is 6.92 Å². The Balaban J connectivity index is 2.56. The zero-order chi connectivity index (χ0) is 13.8. The summed E-state index contributed by atoms with van der Waals surface area (Å²) in [5, 5.41) is 0. The van der Waals surface area contributed by atoms with E-state index in [-0.39, 0.29) is 0 Å². The molecule has 1 amide bonds. The van der Waals surface area contributed by atoms with Gasteiger partial charge in [0.25, 0.3) is 5.91 Å². The van der Waals surface area contributed by atoms with Crippen LogP contribution in [0.1, 0.15) is 6.92 Å². The van der Waals surface area contributed by atoms with E-state index < -0.39 is 24.7 Å². The first-order chi connectivity index (χ1) is 8.29. The SMILES string of the molecule is CC(Oc1ccccc1)C(=O)N(C)CC(F)(F)F. The second-order valence-corrected chi connectivity index (χ2v) is 3.88. The summed E-state index contributed by atoms with van der Waals surface area (Å²) in [5.41, 5.74) is 0. The van der Waals surface area contributed by atoms with Gasteiger partial charge in [0, 0.05) is 7.05 Å². The number of hydrogen-bond acceptors (Lipinski definition) is 2. The van der Waals surface area contributed by atoms with Crippen LogP contribution in [0, 0.1) is 0 Å². The lowest BCUT2D eigenvalue weighted by molar-refractivity contribution is -0.162. The summed E-state index contributed by atoms with van der Waals surface area (Å²) in [6.45, 7) is 0.135. The van der Waals surface area contributed by atoms with E-state index >= 15 is 0 Å². The Labute approximate surface area is 103 Å². The van der Waals surface area contributed by atoms with Crippen molar-refractivity contribution in [3.05, 3.63) is 30.3 Å². The molecule has 1 unspecified atom stereocenters. The number of para-hydroxylation sites is 1. The number of amides is 1. The summed E-state index contributed by atoms with van der Waals surface area (Å²) in [4.78, 5) is 12.2. The van der Waals surface area contributed by atoms with Gasteiger partial charge in [-0.1, -0.05) is 18.2 Å². The predicted octanol–water partition coefficient (Wildman–Crippen LogP) is 2.47. The van der Waals surface area contributed by atoms with E-state index in [4.69, 9.17) is 4.74 Å². The molecule has 0 aliphatic rings. The van der Waals surface area contributed by atoms with Gasteiger partial charge in [0.15, 0.2) is 6.10 Å². The number of ether oxygens (including phenoxy) is 1. The van der Waals surface area contributed by atoms with E-state index in [0.29, 0.717) is 10.6 Å². The first kappa shape index (κ1) is 14.3. The number of alkyl halides is 3. The topological polar surface area (TPSA) is 29.5 Å². The van der Waals surface area contributed by atoms with Crippen LogP contribution in [-0.4, -0.2) is 36.7 Å². The van der Waals surface area contributed by atoms with E-state index in [1.54, 1.807) is 30.3 Å². The molecule has 0 heterocycles. The number of hydrogen-bond donors (Lipinski definition) is 0. The Morgan fingerprint density at radius 2 is 1.89 bits per heavy atom. The maximum absolute atomic E-state index is 12.1. The molecule has 1 rings (SSSR count). The van der Waals surface area contributed by atoms with Gasteiger partial charge in [-0.25, -0.2) is 0 Å². The molecule has 0 aliphatic carbocycles. The van der Waals surface area contributed by atoms with Gasteiger partial charge >= 0.3 is 6.18 Å². The summed E-state index contributed by atoms with van der Waals surface area (Å²) in [6, 6.07) is 8.47. The molecule has 0 fully saturated rings. The van der Waals surface area contributed by atoms with E-state index in [2.05, 4.69) is 0 Å². The van der Waals surface area contributed by atoms with Gasteiger partial charge in [-0.2, -0.15) is 13.2 Å². The van der Waals surface area contributed by atoms with Crippen molar-refractivity contribution < 1.29 is 22.7 Å². The zero-order valence-corrected chi connectivity index (χ0v) is 10.1. The minimum Gasteiger partial charge on any atom is -0.481 e. The van der Waals surface area contributed by atoms with Crippen LogP contribution in [0.25, 0.3) is 0 Å². The number of rotatable bonds is 4. The van der Waals surface area contributed by atoms with Crippen molar-refractivity contribution in [2.45, 2.75) is 19.2 Å². The molecule has 3 nitrogen and oxygen atoms in total. The molecule has 0 saturated carbocycles. The summed E-state index contributed by atoms with van der Waals surface area (Å²) < 4.78 is 41.6. The Morgan fingerprint density at radius 1 is 1.33 bits per heavy atom. The minimum atomic E-state index is -4.41. The van der Waals surface area contributed by atoms with Crippen molar-refractivity contribution in [2.75, 3.05) is 13.6 Å². The lowest BCUT2D eigenvalue weighted by Gasteiger charge is -2.23. The third-order valence-corrected chi connectivity index (χ3v) is 2.20. The summed E-state index contributed by atoms with van der Waals surface area (Å²) in [7, 11) is 1.10. The monoisotopic (exact) mass is 261 g/mol. The molecule has 18 heavy (non-hydrogen) atoms. The van der Waals surface area contributed by atoms with Crippen LogP contribution in [0.15, 0.2) is 30.3 Å². The number of carbonyl (C=O) groups is 1. The van der Waals surface area contributed by atoms with Gasteiger partial charge in [-0.05, 0) is 19.1 Å². The quantitative estimate of drug-likeness (QED) is 0.833. The van der Waals surface area contributed by atoms with Crippen molar-refractivity contribution in [1.29, 1.82) is 0 Å². The first-order valence-corrected chi connectivity index (χ1v) is 5.33. The van der Waals surface area contributed by atoms with Crippen molar-refractivity contribution in [3.8, 4) is 5.75 Å². The second-order valence-electron chi connectivity index (χ2n) is 3.88. The van der Waals surface area contributed by atoms with Crippen LogP contribution in [0.2, 0.25) is 0 Å². The summed E-state index contributed by atoms with van der Waals surface area (Å²) in [6.07, 6.45) is -5.36. The Morgan fingerprint density at radius 3 is 2.39 bits per heavy atom. The lowest BCUT2D eigenvalue weighted by atomic mass is 10.3. The number of likely N-dealkylation sites (N-methyl/N-ethyl adjacent to an activating group) is 1. The van der Waals surface area contributed by atoms with Crippen molar-refractivity contribution >= 4 is 5.91 Å². The summed E-state index contributed by atoms with van der Waals surface area (Å²) in [5.74, 6) is -0.269. The standard InChI is InChI=1S/C12H14F3NO2/c1-9(18-10-6-4-3-5-7-10)11(17)16(2)8-12(13,14)15/h3-7,9H,8H2,1-2H3. The van der Waals surface area contributed by atoms with Gasteiger partial charge in [-0.3, -0.25) is 4.79 Å². The van der Waals surface area contributed by atoms with E-state index in [1.807, 2.05) is 0 Å². The highest BCUT2D eigenvalue weighted by molar-refractivity contribution is 5.80. The Hall–Kier alpha value is -1.72. The van der Waals surface area contributed by atoms with Gasteiger partial charge in [0.05, 0.1) is 0 Å². The van der Waals surface area contributed by atoms with Crippen LogP contribution in [0.3, 0.4) is 0 Å². The lowest BCUT2D eigenvalue weighted by Crippen LogP contribution is -2.42. The second kappa shape index (κ2) is 5.75. The van der Waals surface area contributed by atoms with Crippen LogP contribution < -0.4 is 4.74 Å². The number of benzene rings is 1. The van der Waals surface area contributed by atoms with Crippen LogP contribution in [0.4, 0.5) is 13.2 Å². The van der Waals surface area contributed by atoms with Crippen LogP contribution >= 0.6 is 0 Å². The van der Waals surface area contributed by atoms with Crippen molar-refractivity contribution in [2.24, 2.45) is 0 Å². The normalized spacial score (nSPS) is 12.9. The molecular formula is C12H14F3NO2. The molecule has 0 saturated heterocycles. The molecule has 0 N–H and O–H groups in total. The molecule has 6 heteroatoms. The third kappa shape index (κ3) is 4.65. The van der Waals surface area contributed by atoms with Crippen LogP contribution in [-0.2, 0) is 4.79 Å². The van der Waals surface area contributed by atoms with Crippen molar-refractivity contribution in [1.82, 2.24) is 4.90 Å². The molecule has 0 radical (unpaired) electrons. The largest absolute Gasteiger partial charge is 0.481 e. The number of carbonyl (C=O) groups excluding carboxylic acids is 1. The fourth-order valence-electron chi connectivity index (χ4n) is 1.41. The fourth-order valence-corrected chi connectivity index (χ4v) is 1.41. The highest BCUT2D eigenvalue weighted by atomic mass is 19.4. The van der Waals surface area contributed by atoms with Gasteiger partial charge in [-0.15, -0.1) is 0 Å². The maximum Gasteiger partial charge on any atom is 0.406 e. The molecular weight excluding hydrogens is 247 g/mol. The first-order valence-electron chi connectivity index (χ1n) is 5.33. The molecule has 1 atom stereocenters. The molecule has 100 valence electrons. The minimum absolute atomic E-state index is 0.443. The van der Waals surface area contributed by atoms with E-state index in [0.717, 1.165) is 7.05 Å².